The first-order valence-electron chi connectivity index (χ1n) is 13.4. The lowest BCUT2D eigenvalue weighted by atomic mass is 10.0. The number of hydrogen-bond acceptors (Lipinski definition) is 3. The molecule has 4 aromatic heterocycles. The molecule has 2 N–H and O–H groups in total. The second-order valence-electron chi connectivity index (χ2n) is 9.57. The molecule has 0 saturated carbocycles. The van der Waals surface area contributed by atoms with E-state index in [4.69, 9.17) is 4.98 Å². The van der Waals surface area contributed by atoms with Crippen molar-refractivity contribution in [1.29, 1.82) is 0 Å². The van der Waals surface area contributed by atoms with Crippen LogP contribution < -0.4 is 0 Å². The van der Waals surface area contributed by atoms with Gasteiger partial charge in [0.05, 0.1) is 22.6 Å². The summed E-state index contributed by atoms with van der Waals surface area (Å²) in [6.07, 6.45) is 13.7. The molecule has 0 radical (unpaired) electrons. The highest BCUT2D eigenvalue weighted by Crippen LogP contribution is 2.32. The number of aryl methyl sites for hydroxylation is 2. The van der Waals surface area contributed by atoms with Crippen molar-refractivity contribution in [2.24, 2.45) is 0 Å². The third-order valence-electron chi connectivity index (χ3n) is 6.95. The topological polar surface area (TPSA) is 70.2 Å². The summed E-state index contributed by atoms with van der Waals surface area (Å²) >= 11 is 0. The third kappa shape index (κ3) is 5.69. The molecule has 0 unspecified atom stereocenters. The van der Waals surface area contributed by atoms with E-state index in [0.717, 1.165) is 69.1 Å². The molecular formula is C35H33N5. The minimum atomic E-state index is 0.776. The molecule has 0 spiro atoms. The maximum atomic E-state index is 5.06. The van der Waals surface area contributed by atoms with Gasteiger partial charge in [0.1, 0.15) is 11.2 Å². The van der Waals surface area contributed by atoms with E-state index in [2.05, 4.69) is 82.7 Å². The summed E-state index contributed by atoms with van der Waals surface area (Å²) < 4.78 is 0. The smallest absolute Gasteiger partial charge is 0.135 e. The highest BCUT2D eigenvalue weighted by atomic mass is 15.1. The minimum absolute atomic E-state index is 0.776. The molecule has 4 heterocycles. The Morgan fingerprint density at radius 2 is 1.80 bits per heavy atom. The number of fused-ring (bicyclic) bond motifs is 1. The molecule has 0 atom stereocenters. The van der Waals surface area contributed by atoms with Crippen LogP contribution in [0.15, 0.2) is 122 Å². The number of nitrogens with zero attached hydrogens (tertiary/aromatic N) is 3. The Morgan fingerprint density at radius 1 is 0.975 bits per heavy atom. The summed E-state index contributed by atoms with van der Waals surface area (Å²) in [7, 11) is 0. The summed E-state index contributed by atoms with van der Waals surface area (Å²) in [4.78, 5) is 13.1. The Bertz CT molecular complexity index is 1730. The number of rotatable bonds is 10. The van der Waals surface area contributed by atoms with Gasteiger partial charge in [-0.3, -0.25) is 10.1 Å². The van der Waals surface area contributed by atoms with E-state index < -0.39 is 0 Å². The van der Waals surface area contributed by atoms with E-state index in [-0.39, 0.29) is 0 Å². The average Bonchev–Trinajstić information content (AvgIpc) is 3.59. The van der Waals surface area contributed by atoms with Gasteiger partial charge in [0.15, 0.2) is 0 Å². The predicted molar refractivity (Wildman–Crippen MR) is 167 cm³/mol. The van der Waals surface area contributed by atoms with Gasteiger partial charge < -0.3 is 4.98 Å². The SMILES string of the molecule is C=C/C=C(/c1ccccn1)c1cc(-c2n[nH]c3ccc(C(/C=C(\C=C)CCc4ccccc4)=C/C)nc23)[nH]c1C. The van der Waals surface area contributed by atoms with Crippen molar-refractivity contribution in [3.63, 3.8) is 0 Å². The maximum absolute atomic E-state index is 5.06. The summed E-state index contributed by atoms with van der Waals surface area (Å²) in [6.45, 7) is 12.1. The number of aromatic nitrogens is 5. The monoisotopic (exact) mass is 523 g/mol. The van der Waals surface area contributed by atoms with Crippen molar-refractivity contribution in [1.82, 2.24) is 25.1 Å². The van der Waals surface area contributed by atoms with E-state index in [0.29, 0.717) is 0 Å². The molecule has 0 amide bonds. The Balaban J connectivity index is 1.48. The zero-order valence-electron chi connectivity index (χ0n) is 23.0. The molecule has 0 aliphatic heterocycles. The number of H-pyrrole nitrogens is 2. The number of pyridine rings is 2. The normalized spacial score (nSPS) is 12.6. The van der Waals surface area contributed by atoms with Crippen LogP contribution in [0.5, 0.6) is 0 Å². The first-order chi connectivity index (χ1) is 19.6. The maximum Gasteiger partial charge on any atom is 0.135 e. The fourth-order valence-electron chi connectivity index (χ4n) is 4.84. The highest BCUT2D eigenvalue weighted by Gasteiger charge is 2.17. The standard InChI is InChI=1S/C35H33N5/c1-5-13-28(31-16-11-12-21-36-31)29-23-33(37-24(29)4)35-34-32(39-40-35)20-19-30(38-34)27(7-3)22-25(6-2)17-18-26-14-9-8-10-15-26/h5-16,19-23,37H,1-2,17-18H2,3-4H3,(H,39,40)/b25-22+,27-7+,28-13+. The van der Waals surface area contributed by atoms with Gasteiger partial charge in [0, 0.05) is 23.0 Å². The molecule has 1 aromatic carbocycles. The van der Waals surface area contributed by atoms with Crippen LogP contribution in [0.3, 0.4) is 0 Å². The quantitative estimate of drug-likeness (QED) is 0.181. The zero-order chi connectivity index (χ0) is 27.9. The minimum Gasteiger partial charge on any atom is -0.357 e. The second kappa shape index (κ2) is 12.2. The molecule has 0 saturated heterocycles. The fourth-order valence-corrected chi connectivity index (χ4v) is 4.84. The van der Waals surface area contributed by atoms with E-state index >= 15 is 0 Å². The van der Waals surface area contributed by atoms with Gasteiger partial charge in [-0.1, -0.05) is 73.9 Å². The van der Waals surface area contributed by atoms with Gasteiger partial charge in [0.2, 0.25) is 0 Å². The molecule has 5 heteroatoms. The molecule has 198 valence electrons. The first-order valence-corrected chi connectivity index (χ1v) is 13.4. The fraction of sp³-hybridized carbons (Fsp3) is 0.114. The third-order valence-corrected chi connectivity index (χ3v) is 6.95. The van der Waals surface area contributed by atoms with Crippen molar-refractivity contribution >= 4 is 22.2 Å². The van der Waals surface area contributed by atoms with Gasteiger partial charge in [-0.15, -0.1) is 0 Å². The van der Waals surface area contributed by atoms with Gasteiger partial charge in [-0.25, -0.2) is 4.98 Å². The van der Waals surface area contributed by atoms with Gasteiger partial charge in [-0.2, -0.15) is 5.10 Å². The summed E-state index contributed by atoms with van der Waals surface area (Å²) in [6, 6.07) is 22.6. The predicted octanol–water partition coefficient (Wildman–Crippen LogP) is 8.42. The zero-order valence-corrected chi connectivity index (χ0v) is 23.0. The molecule has 5 nitrogen and oxygen atoms in total. The summed E-state index contributed by atoms with van der Waals surface area (Å²) in [5.74, 6) is 0. The Hall–Kier alpha value is -5.03. The molecule has 0 aliphatic rings. The van der Waals surface area contributed by atoms with Gasteiger partial charge >= 0.3 is 0 Å². The van der Waals surface area contributed by atoms with Crippen molar-refractivity contribution in [3.8, 4) is 11.4 Å². The van der Waals surface area contributed by atoms with Crippen LogP contribution in [-0.2, 0) is 6.42 Å². The van der Waals surface area contributed by atoms with Crippen molar-refractivity contribution in [3.05, 3.63) is 150 Å². The van der Waals surface area contributed by atoms with Crippen LogP contribution in [0.4, 0.5) is 0 Å². The molecule has 5 rings (SSSR count). The van der Waals surface area contributed by atoms with Crippen molar-refractivity contribution < 1.29 is 0 Å². The van der Waals surface area contributed by atoms with E-state index in [1.807, 2.05) is 55.5 Å². The van der Waals surface area contributed by atoms with Gasteiger partial charge in [0.25, 0.3) is 0 Å². The van der Waals surface area contributed by atoms with Crippen LogP contribution >= 0.6 is 0 Å². The Labute approximate surface area is 235 Å². The highest BCUT2D eigenvalue weighted by molar-refractivity contribution is 5.92. The lowest BCUT2D eigenvalue weighted by Gasteiger charge is -2.07. The number of hydrogen-bond donors (Lipinski definition) is 2. The lowest BCUT2D eigenvalue weighted by Crippen LogP contribution is -1.92. The first kappa shape index (κ1) is 26.6. The van der Waals surface area contributed by atoms with Crippen LogP contribution in [0.2, 0.25) is 0 Å². The number of benzene rings is 1. The largest absolute Gasteiger partial charge is 0.357 e. The molecule has 40 heavy (non-hydrogen) atoms. The van der Waals surface area contributed by atoms with Crippen molar-refractivity contribution in [2.75, 3.05) is 0 Å². The number of allylic oxidation sites excluding steroid dienone is 7. The van der Waals surface area contributed by atoms with Gasteiger partial charge in [-0.05, 0) is 79.8 Å². The Kier molecular flexibility index (Phi) is 8.12. The summed E-state index contributed by atoms with van der Waals surface area (Å²) in [5.41, 5.74) is 11.7. The molecule has 5 aromatic rings. The lowest BCUT2D eigenvalue weighted by molar-refractivity contribution is 0.966. The Morgan fingerprint density at radius 3 is 2.52 bits per heavy atom. The van der Waals surface area contributed by atoms with Crippen LogP contribution in [0, 0.1) is 6.92 Å². The molecular weight excluding hydrogens is 490 g/mol. The molecule has 0 fully saturated rings. The van der Waals surface area contributed by atoms with Crippen LogP contribution in [0.25, 0.3) is 33.6 Å². The average molecular weight is 524 g/mol. The number of aromatic amines is 2. The number of nitrogens with one attached hydrogen (secondary N) is 2. The second-order valence-corrected chi connectivity index (χ2v) is 9.57. The van der Waals surface area contributed by atoms with Crippen molar-refractivity contribution in [2.45, 2.75) is 26.7 Å². The van der Waals surface area contributed by atoms with E-state index in [1.165, 1.54) is 11.1 Å². The van der Waals surface area contributed by atoms with E-state index in [1.54, 1.807) is 12.3 Å². The van der Waals surface area contributed by atoms with E-state index in [9.17, 15) is 0 Å². The molecule has 0 aliphatic carbocycles. The summed E-state index contributed by atoms with van der Waals surface area (Å²) in [5, 5.41) is 7.79. The van der Waals surface area contributed by atoms with Crippen LogP contribution in [-0.4, -0.2) is 25.1 Å². The van der Waals surface area contributed by atoms with Crippen LogP contribution in [0.1, 0.15) is 41.6 Å². The molecule has 0 bridgehead atoms.